The largest absolute Gasteiger partial charge is 0.352 e. The molecule has 0 unspecified atom stereocenters. The molecule has 5 heteroatoms. The Morgan fingerprint density at radius 3 is 2.48 bits per heavy atom. The number of hydrogen-bond donors (Lipinski definition) is 1. The van der Waals surface area contributed by atoms with Crippen LogP contribution in [0.2, 0.25) is 0 Å². The summed E-state index contributed by atoms with van der Waals surface area (Å²) in [6, 6.07) is 7.34. The first kappa shape index (κ1) is 17.7. The molecule has 0 saturated carbocycles. The maximum atomic E-state index is 12.2. The number of nitrogens with zero attached hydrogens (tertiary/aromatic N) is 1. The van der Waals surface area contributed by atoms with Crippen molar-refractivity contribution < 1.29 is 9.59 Å². The van der Waals surface area contributed by atoms with Gasteiger partial charge in [0.25, 0.3) is 0 Å². The number of carbonyl (C=O) groups is 2. The van der Waals surface area contributed by atoms with Crippen LogP contribution in [-0.4, -0.2) is 28.8 Å². The number of nitrogens with one attached hydrogen (secondary N) is 1. The minimum atomic E-state index is -0.487. The van der Waals surface area contributed by atoms with Crippen molar-refractivity contribution in [2.24, 2.45) is 0 Å². The Morgan fingerprint density at radius 2 is 1.95 bits per heavy atom. The molecule has 0 aromatic heterocycles. The third kappa shape index (κ3) is 5.50. The zero-order valence-electron chi connectivity index (χ0n) is 13.0. The zero-order chi connectivity index (χ0) is 16.0. The lowest BCUT2D eigenvalue weighted by molar-refractivity contribution is -0.140. The van der Waals surface area contributed by atoms with E-state index in [9.17, 15) is 9.59 Å². The molecule has 116 valence electrons. The van der Waals surface area contributed by atoms with Gasteiger partial charge in [0.1, 0.15) is 6.04 Å². The van der Waals surface area contributed by atoms with Crippen LogP contribution in [0.4, 0.5) is 0 Å². The number of amides is 2. The van der Waals surface area contributed by atoms with E-state index in [-0.39, 0.29) is 17.9 Å². The predicted molar refractivity (Wildman–Crippen MR) is 87.7 cm³/mol. The highest BCUT2D eigenvalue weighted by atomic mass is 79.9. The van der Waals surface area contributed by atoms with Crippen LogP contribution in [0.3, 0.4) is 0 Å². The van der Waals surface area contributed by atoms with Crippen molar-refractivity contribution in [3.63, 3.8) is 0 Å². The first-order valence-electron chi connectivity index (χ1n) is 7.19. The van der Waals surface area contributed by atoms with Gasteiger partial charge in [-0.05, 0) is 38.5 Å². The highest BCUT2D eigenvalue weighted by Gasteiger charge is 2.25. The maximum absolute atomic E-state index is 12.2. The molecule has 0 saturated heterocycles. The number of hydrogen-bond acceptors (Lipinski definition) is 2. The minimum absolute atomic E-state index is 0.0265. The van der Waals surface area contributed by atoms with E-state index in [4.69, 9.17) is 0 Å². The highest BCUT2D eigenvalue weighted by Crippen LogP contribution is 2.15. The topological polar surface area (TPSA) is 49.4 Å². The van der Waals surface area contributed by atoms with Crippen molar-refractivity contribution >= 4 is 27.7 Å². The monoisotopic (exact) mass is 354 g/mol. The van der Waals surface area contributed by atoms with E-state index < -0.39 is 6.04 Å². The van der Waals surface area contributed by atoms with Crippen LogP contribution < -0.4 is 5.32 Å². The third-order valence-corrected chi connectivity index (χ3v) is 3.64. The molecular formula is C16H23BrN2O2. The molecule has 0 aliphatic carbocycles. The number of benzene rings is 1. The van der Waals surface area contributed by atoms with Gasteiger partial charge in [-0.25, -0.2) is 0 Å². The van der Waals surface area contributed by atoms with Crippen molar-refractivity contribution in [1.82, 2.24) is 10.2 Å². The van der Waals surface area contributed by atoms with Crippen molar-refractivity contribution in [1.29, 1.82) is 0 Å². The van der Waals surface area contributed by atoms with E-state index in [2.05, 4.69) is 21.2 Å². The lowest BCUT2D eigenvalue weighted by atomic mass is 10.1. The fourth-order valence-corrected chi connectivity index (χ4v) is 2.47. The van der Waals surface area contributed by atoms with Crippen LogP contribution in [0.15, 0.2) is 28.7 Å². The highest BCUT2D eigenvalue weighted by molar-refractivity contribution is 9.10. The van der Waals surface area contributed by atoms with Crippen molar-refractivity contribution in [2.75, 3.05) is 0 Å². The Morgan fingerprint density at radius 1 is 1.29 bits per heavy atom. The minimum Gasteiger partial charge on any atom is -0.352 e. The van der Waals surface area contributed by atoms with Crippen molar-refractivity contribution in [3.8, 4) is 0 Å². The van der Waals surface area contributed by atoms with E-state index in [0.29, 0.717) is 13.0 Å². The first-order chi connectivity index (χ1) is 9.85. The molecule has 1 atom stereocenters. The Balaban J connectivity index is 2.90. The summed E-state index contributed by atoms with van der Waals surface area (Å²) in [5.41, 5.74) is 0.996. The normalized spacial score (nSPS) is 12.1. The van der Waals surface area contributed by atoms with Gasteiger partial charge in [0.15, 0.2) is 0 Å². The number of carbonyl (C=O) groups excluding carboxylic acids is 2. The van der Waals surface area contributed by atoms with Crippen LogP contribution in [0.5, 0.6) is 0 Å². The van der Waals surface area contributed by atoms with Gasteiger partial charge in [0.2, 0.25) is 11.8 Å². The quantitative estimate of drug-likeness (QED) is 0.853. The van der Waals surface area contributed by atoms with Gasteiger partial charge in [-0.15, -0.1) is 0 Å². The molecule has 0 heterocycles. The Bertz CT molecular complexity index is 503. The van der Waals surface area contributed by atoms with Gasteiger partial charge < -0.3 is 10.2 Å². The van der Waals surface area contributed by atoms with Gasteiger partial charge in [-0.2, -0.15) is 0 Å². The molecule has 1 rings (SSSR count). The third-order valence-electron chi connectivity index (χ3n) is 3.14. The molecular weight excluding hydrogens is 332 g/mol. The Labute approximate surface area is 135 Å². The molecule has 2 amide bonds. The van der Waals surface area contributed by atoms with Gasteiger partial charge in [-0.3, -0.25) is 9.59 Å². The summed E-state index contributed by atoms with van der Waals surface area (Å²) in [7, 11) is 0. The molecule has 21 heavy (non-hydrogen) atoms. The lowest BCUT2D eigenvalue weighted by Gasteiger charge is -2.29. The first-order valence-corrected chi connectivity index (χ1v) is 7.98. The van der Waals surface area contributed by atoms with Crippen LogP contribution in [-0.2, 0) is 16.1 Å². The lowest BCUT2D eigenvalue weighted by Crippen LogP contribution is -2.48. The fourth-order valence-electron chi connectivity index (χ4n) is 2.02. The van der Waals surface area contributed by atoms with Gasteiger partial charge in [0, 0.05) is 23.5 Å². The molecule has 0 bridgehead atoms. The summed E-state index contributed by atoms with van der Waals surface area (Å²) in [5, 5.41) is 2.86. The van der Waals surface area contributed by atoms with Crippen molar-refractivity contribution in [3.05, 3.63) is 34.3 Å². The molecule has 0 radical (unpaired) electrons. The maximum Gasteiger partial charge on any atom is 0.242 e. The average Bonchev–Trinajstić information content (AvgIpc) is 2.42. The molecule has 1 N–H and O–H groups in total. The second-order valence-corrected chi connectivity index (χ2v) is 6.26. The summed E-state index contributed by atoms with van der Waals surface area (Å²) in [5.74, 6) is -0.150. The van der Waals surface area contributed by atoms with Gasteiger partial charge in [-0.1, -0.05) is 35.0 Å². The molecule has 0 fully saturated rings. The summed E-state index contributed by atoms with van der Waals surface area (Å²) in [6.07, 6.45) is 0.382. The summed E-state index contributed by atoms with van der Waals surface area (Å²) >= 11 is 3.42. The fraction of sp³-hybridized carbons (Fsp3) is 0.500. The molecule has 4 nitrogen and oxygen atoms in total. The molecule has 0 spiro atoms. The van der Waals surface area contributed by atoms with E-state index in [1.54, 1.807) is 11.8 Å². The predicted octanol–water partition coefficient (Wildman–Crippen LogP) is 3.10. The SMILES string of the molecule is CCC(=O)N(Cc1cccc(Br)c1)[C@@H](C)C(=O)NC(C)C. The van der Waals surface area contributed by atoms with E-state index >= 15 is 0 Å². The van der Waals surface area contributed by atoms with E-state index in [1.165, 1.54) is 0 Å². The zero-order valence-corrected chi connectivity index (χ0v) is 14.6. The Hall–Kier alpha value is -1.36. The van der Waals surface area contributed by atoms with Crippen LogP contribution in [0.1, 0.15) is 39.7 Å². The summed E-state index contributed by atoms with van der Waals surface area (Å²) in [4.78, 5) is 25.9. The van der Waals surface area contributed by atoms with E-state index in [0.717, 1.165) is 10.0 Å². The van der Waals surface area contributed by atoms with E-state index in [1.807, 2.05) is 45.0 Å². The standard InChI is InChI=1S/C16H23BrN2O2/c1-5-15(20)19(12(4)16(21)18-11(2)3)10-13-7-6-8-14(17)9-13/h6-9,11-12H,5,10H2,1-4H3,(H,18,21)/t12-/m0/s1. The van der Waals surface area contributed by atoms with Crippen molar-refractivity contribution in [2.45, 2.75) is 52.7 Å². The average molecular weight is 355 g/mol. The van der Waals surface area contributed by atoms with Crippen LogP contribution >= 0.6 is 15.9 Å². The number of halogens is 1. The molecule has 0 aliphatic rings. The molecule has 0 aliphatic heterocycles. The van der Waals surface area contributed by atoms with Crippen LogP contribution in [0.25, 0.3) is 0 Å². The number of rotatable bonds is 6. The molecule has 1 aromatic carbocycles. The second kappa shape index (κ2) is 8.17. The second-order valence-electron chi connectivity index (χ2n) is 5.34. The smallest absolute Gasteiger partial charge is 0.242 e. The Kier molecular flexibility index (Phi) is 6.89. The van der Waals surface area contributed by atoms with Gasteiger partial charge in [0.05, 0.1) is 0 Å². The van der Waals surface area contributed by atoms with Crippen LogP contribution in [0, 0.1) is 0 Å². The van der Waals surface area contributed by atoms with Gasteiger partial charge >= 0.3 is 0 Å². The summed E-state index contributed by atoms with van der Waals surface area (Å²) in [6.45, 7) is 7.82. The summed E-state index contributed by atoms with van der Waals surface area (Å²) < 4.78 is 0.961. The molecule has 1 aromatic rings.